The van der Waals surface area contributed by atoms with Gasteiger partial charge in [0.2, 0.25) is 0 Å². The van der Waals surface area contributed by atoms with E-state index in [-0.39, 0.29) is 11.5 Å². The van der Waals surface area contributed by atoms with Crippen LogP contribution in [0.4, 0.5) is 0 Å². The molecule has 118 valence electrons. The fraction of sp³-hybridized carbons (Fsp3) is 0.150. The number of ether oxygens (including phenoxy) is 1. The predicted molar refractivity (Wildman–Crippen MR) is 93.6 cm³/mol. The summed E-state index contributed by atoms with van der Waals surface area (Å²) in [6, 6.07) is 11.0. The predicted octanol–water partition coefficient (Wildman–Crippen LogP) is 4.31. The molecular weight excluding hydrogens is 288 g/mol. The third-order valence-electron chi connectivity index (χ3n) is 3.52. The number of rotatable bonds is 5. The highest BCUT2D eigenvalue weighted by Crippen LogP contribution is 2.19. The molecular formula is C20H20O3. The van der Waals surface area contributed by atoms with Gasteiger partial charge in [0.25, 0.3) is 0 Å². The molecule has 23 heavy (non-hydrogen) atoms. The number of carbonyl (C=O) groups excluding carboxylic acids is 1. The Bertz CT molecular complexity index is 770. The number of aryl methyl sites for hydroxylation is 2. The zero-order valence-electron chi connectivity index (χ0n) is 13.5. The zero-order chi connectivity index (χ0) is 16.8. The molecule has 3 nitrogen and oxygen atoms in total. The van der Waals surface area contributed by atoms with Crippen molar-refractivity contribution in [3.05, 3.63) is 70.8 Å². The maximum atomic E-state index is 11.9. The summed E-state index contributed by atoms with van der Waals surface area (Å²) in [7, 11) is 1.64. The number of hydrogen-bond donors (Lipinski definition) is 1. The van der Waals surface area contributed by atoms with Crippen LogP contribution in [-0.4, -0.2) is 18.0 Å². The van der Waals surface area contributed by atoms with Crippen LogP contribution in [0.3, 0.4) is 0 Å². The minimum atomic E-state index is -0.0933. The maximum Gasteiger partial charge on any atom is 0.178 e. The number of benzene rings is 2. The molecule has 0 saturated heterocycles. The van der Waals surface area contributed by atoms with Crippen molar-refractivity contribution in [2.75, 3.05) is 7.11 Å². The number of methoxy groups -OCH3 is 1. The summed E-state index contributed by atoms with van der Waals surface area (Å²) in [6.45, 7) is 3.78. The van der Waals surface area contributed by atoms with Crippen molar-refractivity contribution in [1.29, 1.82) is 0 Å². The van der Waals surface area contributed by atoms with Crippen LogP contribution in [0.1, 0.15) is 22.3 Å². The van der Waals surface area contributed by atoms with E-state index < -0.39 is 0 Å². The van der Waals surface area contributed by atoms with Crippen molar-refractivity contribution < 1.29 is 14.6 Å². The van der Waals surface area contributed by atoms with Crippen LogP contribution in [0.5, 0.6) is 11.5 Å². The number of hydrogen-bond acceptors (Lipinski definition) is 3. The van der Waals surface area contributed by atoms with Crippen molar-refractivity contribution in [3.8, 4) is 11.5 Å². The van der Waals surface area contributed by atoms with Crippen LogP contribution in [0.2, 0.25) is 0 Å². The van der Waals surface area contributed by atoms with Crippen LogP contribution in [0.25, 0.3) is 12.2 Å². The van der Waals surface area contributed by atoms with Crippen LogP contribution < -0.4 is 4.74 Å². The van der Waals surface area contributed by atoms with E-state index in [4.69, 9.17) is 4.74 Å². The van der Waals surface area contributed by atoms with Crippen molar-refractivity contribution in [3.63, 3.8) is 0 Å². The maximum absolute atomic E-state index is 11.9. The highest BCUT2D eigenvalue weighted by Gasteiger charge is 1.99. The molecule has 0 unspecified atom stereocenters. The third-order valence-corrected chi connectivity index (χ3v) is 3.52. The topological polar surface area (TPSA) is 46.5 Å². The second-order valence-electron chi connectivity index (χ2n) is 5.34. The van der Waals surface area contributed by atoms with Crippen molar-refractivity contribution in [1.82, 2.24) is 0 Å². The molecule has 0 radical (unpaired) electrons. The monoisotopic (exact) mass is 308 g/mol. The van der Waals surface area contributed by atoms with Crippen molar-refractivity contribution in [2.24, 2.45) is 0 Å². The quantitative estimate of drug-likeness (QED) is 0.837. The molecule has 0 spiro atoms. The van der Waals surface area contributed by atoms with E-state index in [0.29, 0.717) is 0 Å². The Morgan fingerprint density at radius 3 is 2.04 bits per heavy atom. The molecule has 0 aliphatic carbocycles. The van der Waals surface area contributed by atoms with E-state index in [9.17, 15) is 9.90 Å². The van der Waals surface area contributed by atoms with E-state index >= 15 is 0 Å². The van der Waals surface area contributed by atoms with E-state index in [1.165, 1.54) is 12.2 Å². The van der Waals surface area contributed by atoms with Gasteiger partial charge in [0.05, 0.1) is 7.11 Å². The van der Waals surface area contributed by atoms with E-state index in [0.717, 1.165) is 28.0 Å². The Labute approximate surface area is 136 Å². The second kappa shape index (κ2) is 7.45. The molecule has 0 saturated carbocycles. The standard InChI is InChI=1S/C20H20O3/c1-14-12-16(6-10-19(14)22)4-8-18(21)9-5-17-7-11-20(23-3)15(2)13-17/h4-13,22H,1-3H3/b8-4+,9-5+. The van der Waals surface area contributed by atoms with Gasteiger partial charge in [-0.3, -0.25) is 4.79 Å². The van der Waals surface area contributed by atoms with Gasteiger partial charge in [0, 0.05) is 0 Å². The van der Waals surface area contributed by atoms with Crippen LogP contribution >= 0.6 is 0 Å². The number of carbonyl (C=O) groups is 1. The lowest BCUT2D eigenvalue weighted by molar-refractivity contribution is -0.110. The number of ketones is 1. The Kier molecular flexibility index (Phi) is 5.36. The number of aromatic hydroxyl groups is 1. The first-order chi connectivity index (χ1) is 11.0. The lowest BCUT2D eigenvalue weighted by Crippen LogP contribution is -1.88. The van der Waals surface area contributed by atoms with Gasteiger partial charge >= 0.3 is 0 Å². The summed E-state index contributed by atoms with van der Waals surface area (Å²) in [4.78, 5) is 11.9. The Morgan fingerprint density at radius 1 is 0.957 bits per heavy atom. The summed E-state index contributed by atoms with van der Waals surface area (Å²) in [5, 5.41) is 9.48. The highest BCUT2D eigenvalue weighted by molar-refractivity contribution is 6.04. The van der Waals surface area contributed by atoms with Gasteiger partial charge < -0.3 is 9.84 Å². The summed E-state index contributed by atoms with van der Waals surface area (Å²) in [5.41, 5.74) is 3.63. The normalized spacial score (nSPS) is 11.3. The Morgan fingerprint density at radius 2 is 1.52 bits per heavy atom. The molecule has 0 aliphatic rings. The van der Waals surface area contributed by atoms with Gasteiger partial charge in [-0.25, -0.2) is 0 Å². The molecule has 0 bridgehead atoms. The first-order valence-corrected chi connectivity index (χ1v) is 7.34. The van der Waals surface area contributed by atoms with Gasteiger partial charge in [-0.2, -0.15) is 0 Å². The molecule has 0 amide bonds. The van der Waals surface area contributed by atoms with Crippen LogP contribution in [0.15, 0.2) is 48.6 Å². The van der Waals surface area contributed by atoms with Crippen LogP contribution in [0, 0.1) is 13.8 Å². The first-order valence-electron chi connectivity index (χ1n) is 7.34. The molecule has 0 aromatic heterocycles. The largest absolute Gasteiger partial charge is 0.508 e. The SMILES string of the molecule is COc1ccc(/C=C/C(=O)/C=C/c2ccc(O)c(C)c2)cc1C. The summed E-state index contributed by atoms with van der Waals surface area (Å²) in [6.07, 6.45) is 6.56. The van der Waals surface area contributed by atoms with E-state index in [1.807, 2.05) is 38.1 Å². The highest BCUT2D eigenvalue weighted by atomic mass is 16.5. The summed E-state index contributed by atoms with van der Waals surface area (Å²) >= 11 is 0. The molecule has 0 heterocycles. The summed E-state index contributed by atoms with van der Waals surface area (Å²) in [5.74, 6) is 0.989. The van der Waals surface area contributed by atoms with Gasteiger partial charge in [0.1, 0.15) is 11.5 Å². The van der Waals surface area contributed by atoms with Crippen LogP contribution in [-0.2, 0) is 4.79 Å². The molecule has 1 N–H and O–H groups in total. The van der Waals surface area contributed by atoms with Crippen molar-refractivity contribution >= 4 is 17.9 Å². The van der Waals surface area contributed by atoms with Gasteiger partial charge in [-0.15, -0.1) is 0 Å². The second-order valence-corrected chi connectivity index (χ2v) is 5.34. The number of allylic oxidation sites excluding steroid dienone is 2. The first kappa shape index (κ1) is 16.6. The minimum Gasteiger partial charge on any atom is -0.508 e. The zero-order valence-corrected chi connectivity index (χ0v) is 13.5. The van der Waals surface area contributed by atoms with Gasteiger partial charge in [-0.05, 0) is 72.5 Å². The third kappa shape index (κ3) is 4.58. The average molecular weight is 308 g/mol. The van der Waals surface area contributed by atoms with Crippen molar-refractivity contribution in [2.45, 2.75) is 13.8 Å². The number of phenols is 1. The molecule has 0 atom stereocenters. The molecule has 2 aromatic carbocycles. The molecule has 0 fully saturated rings. The Balaban J connectivity index is 2.05. The smallest absolute Gasteiger partial charge is 0.178 e. The molecule has 2 aromatic rings. The molecule has 0 aliphatic heterocycles. The number of phenolic OH excluding ortho intramolecular Hbond substituents is 1. The Hall–Kier alpha value is -2.81. The lowest BCUT2D eigenvalue weighted by atomic mass is 10.1. The fourth-order valence-electron chi connectivity index (χ4n) is 2.20. The van der Waals surface area contributed by atoms with E-state index in [2.05, 4.69) is 0 Å². The summed E-state index contributed by atoms with van der Waals surface area (Å²) < 4.78 is 5.21. The molecule has 3 heteroatoms. The average Bonchev–Trinajstić information content (AvgIpc) is 2.54. The van der Waals surface area contributed by atoms with E-state index in [1.54, 1.807) is 31.4 Å². The van der Waals surface area contributed by atoms with Gasteiger partial charge in [0.15, 0.2) is 5.78 Å². The fourth-order valence-corrected chi connectivity index (χ4v) is 2.20. The lowest BCUT2D eigenvalue weighted by Gasteiger charge is -2.04. The molecule has 2 rings (SSSR count). The minimum absolute atomic E-state index is 0.0933. The van der Waals surface area contributed by atoms with Gasteiger partial charge in [-0.1, -0.05) is 24.3 Å².